The quantitative estimate of drug-likeness (QED) is 0.196. The van der Waals surface area contributed by atoms with Crippen molar-refractivity contribution in [3.63, 3.8) is 0 Å². The highest BCUT2D eigenvalue weighted by Gasteiger charge is 2.20. The molecule has 3 heterocycles. The molecule has 0 spiro atoms. The normalized spacial score (nSPS) is 11.5. The summed E-state index contributed by atoms with van der Waals surface area (Å²) in [4.78, 5) is 11.5. The molecule has 0 aliphatic heterocycles. The number of aromatic nitrogens is 2. The number of fused-ring (bicyclic) bond motifs is 3. The Labute approximate surface area is 204 Å². The summed E-state index contributed by atoms with van der Waals surface area (Å²) in [7, 11) is 0. The molecule has 3 aromatic rings. The van der Waals surface area contributed by atoms with Gasteiger partial charge in [0.15, 0.2) is 0 Å². The highest BCUT2D eigenvalue weighted by atomic mass is 32.1. The molecule has 0 saturated carbocycles. The Morgan fingerprint density at radius 3 is 2.00 bits per heavy atom. The first-order valence-electron chi connectivity index (χ1n) is 13.1. The molecule has 0 fully saturated rings. The minimum absolute atomic E-state index is 0.745. The predicted octanol–water partition coefficient (Wildman–Crippen LogP) is 8.94. The number of thiophene rings is 1. The Balaban J connectivity index is 1.75. The number of nitrogens with zero attached hydrogens (tertiary/aromatic N) is 2. The van der Waals surface area contributed by atoms with E-state index >= 15 is 0 Å². The average Bonchev–Trinajstić information content (AvgIpc) is 3.18. The van der Waals surface area contributed by atoms with E-state index in [1.165, 1.54) is 64.2 Å². The van der Waals surface area contributed by atoms with Crippen LogP contribution in [0.3, 0.4) is 0 Å². The molecule has 0 aromatic carbocycles. The van der Waals surface area contributed by atoms with Crippen LogP contribution in [0.25, 0.3) is 20.4 Å². The molecule has 0 bridgehead atoms. The van der Waals surface area contributed by atoms with Crippen LogP contribution in [0.15, 0.2) is 12.3 Å². The first-order valence-corrected chi connectivity index (χ1v) is 13.9. The summed E-state index contributed by atoms with van der Waals surface area (Å²) in [6.07, 6.45) is 17.0. The van der Waals surface area contributed by atoms with Crippen molar-refractivity contribution in [3.05, 3.63) is 23.5 Å². The first kappa shape index (κ1) is 25.7. The van der Waals surface area contributed by atoms with Crippen molar-refractivity contribution in [1.29, 1.82) is 0 Å². The molecular formula is C28H42N2O2S. The van der Waals surface area contributed by atoms with Crippen molar-refractivity contribution in [2.45, 2.75) is 105 Å². The fourth-order valence-electron chi connectivity index (χ4n) is 4.28. The molecule has 0 radical (unpaired) electrons. The van der Waals surface area contributed by atoms with Crippen molar-refractivity contribution in [1.82, 2.24) is 9.97 Å². The second-order valence-electron chi connectivity index (χ2n) is 9.16. The molecule has 182 valence electrons. The molecule has 0 aliphatic carbocycles. The smallest absolute Gasteiger partial charge is 0.135 e. The monoisotopic (exact) mass is 470 g/mol. The highest BCUT2D eigenvalue weighted by molar-refractivity contribution is 7.25. The van der Waals surface area contributed by atoms with E-state index in [1.807, 2.05) is 12.3 Å². The van der Waals surface area contributed by atoms with Crippen LogP contribution < -0.4 is 9.47 Å². The lowest BCUT2D eigenvalue weighted by molar-refractivity contribution is 0.304. The van der Waals surface area contributed by atoms with Gasteiger partial charge in [0.1, 0.15) is 21.2 Å². The van der Waals surface area contributed by atoms with Gasteiger partial charge in [0, 0.05) is 17.5 Å². The van der Waals surface area contributed by atoms with Gasteiger partial charge in [0.25, 0.3) is 0 Å². The lowest BCUT2D eigenvalue weighted by Gasteiger charge is -2.14. The summed E-state index contributed by atoms with van der Waals surface area (Å²) < 4.78 is 12.7. The standard InChI is InChI=1S/C28H42N2O2S/c1-5-7-9-11-13-15-19-31-23-17-18-29-27-24(23)25-26(21(3)22(4)30-28(25)33-27)32-20-16-14-12-10-8-6-2/h17-18H,5-16,19-20H2,1-4H3. The highest BCUT2D eigenvalue weighted by Crippen LogP contribution is 2.44. The van der Waals surface area contributed by atoms with Crippen molar-refractivity contribution in [2.24, 2.45) is 0 Å². The van der Waals surface area contributed by atoms with Crippen LogP contribution in [0.2, 0.25) is 0 Å². The SMILES string of the molecule is CCCCCCCCOc1ccnc2sc3nc(C)c(C)c(OCCCCCCCC)c3c12. The van der Waals surface area contributed by atoms with E-state index in [1.54, 1.807) is 11.3 Å². The van der Waals surface area contributed by atoms with Crippen molar-refractivity contribution >= 4 is 31.8 Å². The third-order valence-electron chi connectivity index (χ3n) is 6.41. The van der Waals surface area contributed by atoms with E-state index in [4.69, 9.17) is 14.5 Å². The van der Waals surface area contributed by atoms with Crippen molar-refractivity contribution in [2.75, 3.05) is 13.2 Å². The largest absolute Gasteiger partial charge is 0.493 e. The molecule has 0 unspecified atom stereocenters. The van der Waals surface area contributed by atoms with Gasteiger partial charge in [-0.15, -0.1) is 0 Å². The average molecular weight is 471 g/mol. The van der Waals surface area contributed by atoms with Gasteiger partial charge in [0.05, 0.1) is 24.0 Å². The number of aryl methyl sites for hydroxylation is 1. The molecule has 0 amide bonds. The Morgan fingerprint density at radius 1 is 0.727 bits per heavy atom. The topological polar surface area (TPSA) is 44.2 Å². The van der Waals surface area contributed by atoms with Crippen molar-refractivity contribution in [3.8, 4) is 11.5 Å². The van der Waals surface area contributed by atoms with E-state index < -0.39 is 0 Å². The molecule has 0 aliphatic rings. The summed E-state index contributed by atoms with van der Waals surface area (Å²) in [5.41, 5.74) is 2.15. The third kappa shape index (κ3) is 7.05. The lowest BCUT2D eigenvalue weighted by atomic mass is 10.1. The van der Waals surface area contributed by atoms with Gasteiger partial charge >= 0.3 is 0 Å². The Bertz CT molecular complexity index is 999. The molecular weight excluding hydrogens is 428 g/mol. The number of ether oxygens (including phenoxy) is 2. The van der Waals surface area contributed by atoms with Crippen LogP contribution in [0, 0.1) is 13.8 Å². The Kier molecular flexibility index (Phi) is 10.7. The van der Waals surface area contributed by atoms with Crippen LogP contribution in [0.4, 0.5) is 0 Å². The minimum atomic E-state index is 0.745. The molecule has 33 heavy (non-hydrogen) atoms. The van der Waals surface area contributed by atoms with Gasteiger partial charge in [0.2, 0.25) is 0 Å². The maximum absolute atomic E-state index is 6.42. The molecule has 0 N–H and O–H groups in total. The predicted molar refractivity (Wildman–Crippen MR) is 142 cm³/mol. The summed E-state index contributed by atoms with van der Waals surface area (Å²) in [6.45, 7) is 10.2. The van der Waals surface area contributed by atoms with E-state index in [2.05, 4.69) is 32.7 Å². The van der Waals surface area contributed by atoms with E-state index in [0.29, 0.717) is 0 Å². The molecule has 5 heteroatoms. The van der Waals surface area contributed by atoms with Gasteiger partial charge in [-0.2, -0.15) is 0 Å². The Morgan fingerprint density at radius 2 is 1.33 bits per heavy atom. The molecule has 3 aromatic heterocycles. The summed E-state index contributed by atoms with van der Waals surface area (Å²) in [6, 6.07) is 2.00. The van der Waals surface area contributed by atoms with E-state index in [0.717, 1.165) is 69.2 Å². The summed E-state index contributed by atoms with van der Waals surface area (Å²) in [5, 5.41) is 2.15. The first-order chi connectivity index (χ1) is 16.2. The minimum Gasteiger partial charge on any atom is -0.493 e. The second kappa shape index (κ2) is 13.7. The zero-order valence-electron chi connectivity index (χ0n) is 21.2. The number of hydrogen-bond acceptors (Lipinski definition) is 5. The van der Waals surface area contributed by atoms with Crippen LogP contribution >= 0.6 is 11.3 Å². The van der Waals surface area contributed by atoms with Gasteiger partial charge in [-0.05, 0) is 32.8 Å². The van der Waals surface area contributed by atoms with Gasteiger partial charge < -0.3 is 9.47 Å². The van der Waals surface area contributed by atoms with Gasteiger partial charge in [-0.3, -0.25) is 0 Å². The fourth-order valence-corrected chi connectivity index (χ4v) is 5.36. The fraction of sp³-hybridized carbons (Fsp3) is 0.643. The molecule has 4 nitrogen and oxygen atoms in total. The number of hydrogen-bond donors (Lipinski definition) is 0. The van der Waals surface area contributed by atoms with Crippen molar-refractivity contribution < 1.29 is 9.47 Å². The number of unbranched alkanes of at least 4 members (excludes halogenated alkanes) is 10. The molecule has 0 saturated heterocycles. The zero-order valence-corrected chi connectivity index (χ0v) is 22.0. The van der Waals surface area contributed by atoms with Crippen LogP contribution in [0.5, 0.6) is 11.5 Å². The third-order valence-corrected chi connectivity index (χ3v) is 7.41. The summed E-state index contributed by atoms with van der Waals surface area (Å²) in [5.74, 6) is 1.88. The maximum atomic E-state index is 6.42. The van der Waals surface area contributed by atoms with Gasteiger partial charge in [-0.1, -0.05) is 89.4 Å². The maximum Gasteiger partial charge on any atom is 0.135 e. The molecule has 3 rings (SSSR count). The van der Waals surface area contributed by atoms with E-state index in [-0.39, 0.29) is 0 Å². The lowest BCUT2D eigenvalue weighted by Crippen LogP contribution is -2.02. The number of pyridine rings is 2. The van der Waals surface area contributed by atoms with E-state index in [9.17, 15) is 0 Å². The number of rotatable bonds is 16. The van der Waals surface area contributed by atoms with Gasteiger partial charge in [-0.25, -0.2) is 9.97 Å². The zero-order chi connectivity index (χ0) is 23.5. The second-order valence-corrected chi connectivity index (χ2v) is 10.1. The van der Waals surface area contributed by atoms with Crippen LogP contribution in [-0.2, 0) is 0 Å². The van der Waals surface area contributed by atoms with Crippen LogP contribution in [0.1, 0.15) is 102 Å². The van der Waals surface area contributed by atoms with Crippen LogP contribution in [-0.4, -0.2) is 23.2 Å². The summed E-state index contributed by atoms with van der Waals surface area (Å²) >= 11 is 1.64. The molecule has 0 atom stereocenters. The Hall–Kier alpha value is -1.88.